The molecule has 34 heavy (non-hydrogen) atoms. The number of carboxylic acid groups (broad SMARTS) is 1. The van der Waals surface area contributed by atoms with Gasteiger partial charge in [-0.1, -0.05) is 54.1 Å². The van der Waals surface area contributed by atoms with Crippen LogP contribution in [0.2, 0.25) is 5.02 Å². The number of ether oxygens (including phenoxy) is 1. The van der Waals surface area contributed by atoms with Crippen molar-refractivity contribution in [2.75, 3.05) is 12.0 Å². The number of benzene rings is 3. The summed E-state index contributed by atoms with van der Waals surface area (Å²) < 4.78 is 5.88. The molecule has 3 aromatic carbocycles. The third-order valence-corrected chi connectivity index (χ3v) is 6.28. The zero-order chi connectivity index (χ0) is 24.5. The Kier molecular flexibility index (Phi) is 9.57. The molecule has 178 valence electrons. The number of halogens is 1. The summed E-state index contributed by atoms with van der Waals surface area (Å²) in [6.07, 6.45) is 2.27. The highest BCUT2D eigenvalue weighted by Gasteiger charge is 2.22. The van der Waals surface area contributed by atoms with Crippen LogP contribution in [0.15, 0.2) is 66.7 Å². The van der Waals surface area contributed by atoms with E-state index in [1.165, 1.54) is 0 Å². The van der Waals surface area contributed by atoms with E-state index in [1.807, 2.05) is 73.8 Å². The average Bonchev–Trinajstić information content (AvgIpc) is 2.82. The fourth-order valence-corrected chi connectivity index (χ4v) is 4.30. The molecule has 0 heterocycles. The molecule has 0 fully saturated rings. The highest BCUT2D eigenvalue weighted by molar-refractivity contribution is 7.98. The van der Waals surface area contributed by atoms with Crippen molar-refractivity contribution >= 4 is 35.2 Å². The number of aryl methyl sites for hydroxylation is 1. The lowest BCUT2D eigenvalue weighted by molar-refractivity contribution is -0.139. The van der Waals surface area contributed by atoms with Crippen LogP contribution in [-0.4, -0.2) is 35.0 Å². The highest BCUT2D eigenvalue weighted by Crippen LogP contribution is 2.29. The number of carboxylic acids is 1. The maximum atomic E-state index is 13.1. The second-order valence-electron chi connectivity index (χ2n) is 7.96. The number of carbonyl (C=O) groups is 2. The molecule has 2 N–H and O–H groups in total. The molecule has 0 saturated heterocycles. The molecular formula is C27H28ClNO4S. The standard InChI is InChI=1S/C27H28ClNO4S/c1-18-6-3-4-9-22(18)24-15-20(17-33-16-19-7-5-8-21(28)14-19)10-11-23(24)26(30)29-25(27(31)32)12-13-34-2/h3-11,14-15,25H,12-13,16-17H2,1-2H3,(H,29,30)(H,31,32)/t25-/m0/s1. The van der Waals surface area contributed by atoms with Crippen LogP contribution in [0.4, 0.5) is 0 Å². The maximum Gasteiger partial charge on any atom is 0.326 e. The monoisotopic (exact) mass is 497 g/mol. The summed E-state index contributed by atoms with van der Waals surface area (Å²) in [5.74, 6) is -0.797. The summed E-state index contributed by atoms with van der Waals surface area (Å²) in [6, 6.07) is 19.9. The van der Waals surface area contributed by atoms with Gasteiger partial charge in [0, 0.05) is 10.6 Å². The van der Waals surface area contributed by atoms with Gasteiger partial charge in [-0.15, -0.1) is 0 Å². The number of hydrogen-bond acceptors (Lipinski definition) is 4. The Hall–Kier alpha value is -2.80. The van der Waals surface area contributed by atoms with Crippen LogP contribution in [0.5, 0.6) is 0 Å². The Bertz CT molecular complexity index is 1150. The van der Waals surface area contributed by atoms with Crippen molar-refractivity contribution in [2.45, 2.75) is 32.6 Å². The minimum absolute atomic E-state index is 0.358. The molecule has 1 atom stereocenters. The number of carbonyl (C=O) groups excluding carboxylic acids is 1. The number of hydrogen-bond donors (Lipinski definition) is 2. The van der Waals surface area contributed by atoms with Gasteiger partial charge in [-0.05, 0) is 77.4 Å². The molecule has 0 aliphatic rings. The van der Waals surface area contributed by atoms with Crippen molar-refractivity contribution in [1.82, 2.24) is 5.32 Å². The van der Waals surface area contributed by atoms with Crippen LogP contribution in [0.1, 0.15) is 33.5 Å². The van der Waals surface area contributed by atoms with E-state index in [1.54, 1.807) is 17.8 Å². The van der Waals surface area contributed by atoms with Crippen LogP contribution < -0.4 is 5.32 Å². The van der Waals surface area contributed by atoms with Crippen molar-refractivity contribution in [2.24, 2.45) is 0 Å². The molecule has 0 bridgehead atoms. The van der Waals surface area contributed by atoms with E-state index < -0.39 is 17.9 Å². The van der Waals surface area contributed by atoms with Crippen molar-refractivity contribution in [3.05, 3.63) is 94.0 Å². The molecule has 0 unspecified atom stereocenters. The van der Waals surface area contributed by atoms with Crippen LogP contribution in [0, 0.1) is 6.92 Å². The van der Waals surface area contributed by atoms with Gasteiger partial charge in [0.2, 0.25) is 0 Å². The second-order valence-corrected chi connectivity index (χ2v) is 9.39. The van der Waals surface area contributed by atoms with Gasteiger partial charge in [-0.25, -0.2) is 4.79 Å². The summed E-state index contributed by atoms with van der Waals surface area (Å²) in [4.78, 5) is 24.8. The Labute approximate surface area is 209 Å². The molecule has 0 aliphatic carbocycles. The lowest BCUT2D eigenvalue weighted by Gasteiger charge is -2.18. The molecule has 0 aromatic heterocycles. The lowest BCUT2D eigenvalue weighted by Crippen LogP contribution is -2.41. The number of nitrogens with one attached hydrogen (secondary N) is 1. The molecule has 3 rings (SSSR count). The molecule has 0 aliphatic heterocycles. The van der Waals surface area contributed by atoms with E-state index >= 15 is 0 Å². The molecule has 0 radical (unpaired) electrons. The first-order valence-corrected chi connectivity index (χ1v) is 12.7. The molecular weight excluding hydrogens is 470 g/mol. The van der Waals surface area contributed by atoms with Crippen molar-refractivity contribution in [1.29, 1.82) is 0 Å². The fourth-order valence-electron chi connectivity index (χ4n) is 3.62. The molecule has 0 spiro atoms. The molecule has 5 nitrogen and oxygen atoms in total. The zero-order valence-electron chi connectivity index (χ0n) is 19.2. The van der Waals surface area contributed by atoms with E-state index in [-0.39, 0.29) is 0 Å². The second kappa shape index (κ2) is 12.6. The van der Waals surface area contributed by atoms with Crippen LogP contribution >= 0.6 is 23.4 Å². The predicted octanol–water partition coefficient (Wildman–Crippen LogP) is 5.97. The van der Waals surface area contributed by atoms with Gasteiger partial charge in [0.25, 0.3) is 5.91 Å². The summed E-state index contributed by atoms with van der Waals surface area (Å²) >= 11 is 7.59. The Morgan fingerprint density at radius 2 is 1.74 bits per heavy atom. The van der Waals surface area contributed by atoms with Gasteiger partial charge in [0.05, 0.1) is 13.2 Å². The van der Waals surface area contributed by atoms with Gasteiger partial charge in [0.1, 0.15) is 6.04 Å². The Balaban J connectivity index is 1.85. The van der Waals surface area contributed by atoms with E-state index in [2.05, 4.69) is 5.32 Å². The highest BCUT2D eigenvalue weighted by atomic mass is 35.5. The SMILES string of the molecule is CSCC[C@H](NC(=O)c1ccc(COCc2cccc(Cl)c2)cc1-c1ccccc1C)C(=O)O. The third kappa shape index (κ3) is 7.10. The fraction of sp³-hybridized carbons (Fsp3) is 0.259. The lowest BCUT2D eigenvalue weighted by atomic mass is 9.93. The summed E-state index contributed by atoms with van der Waals surface area (Å²) in [5.41, 5.74) is 5.00. The maximum absolute atomic E-state index is 13.1. The van der Waals surface area contributed by atoms with Crippen molar-refractivity contribution < 1.29 is 19.4 Å². The molecule has 0 saturated carbocycles. The zero-order valence-corrected chi connectivity index (χ0v) is 20.8. The largest absolute Gasteiger partial charge is 0.480 e. The van der Waals surface area contributed by atoms with Gasteiger partial charge < -0.3 is 15.2 Å². The first kappa shape index (κ1) is 25.8. The first-order chi connectivity index (χ1) is 16.4. The van der Waals surface area contributed by atoms with Gasteiger partial charge in [-0.3, -0.25) is 4.79 Å². The van der Waals surface area contributed by atoms with E-state index in [4.69, 9.17) is 16.3 Å². The predicted molar refractivity (Wildman–Crippen MR) is 138 cm³/mol. The quantitative estimate of drug-likeness (QED) is 0.341. The molecule has 3 aromatic rings. The minimum Gasteiger partial charge on any atom is -0.480 e. The van der Waals surface area contributed by atoms with Crippen molar-refractivity contribution in [3.8, 4) is 11.1 Å². The Morgan fingerprint density at radius 1 is 1.00 bits per heavy atom. The minimum atomic E-state index is -1.04. The van der Waals surface area contributed by atoms with Gasteiger partial charge >= 0.3 is 5.97 Å². The average molecular weight is 498 g/mol. The first-order valence-electron chi connectivity index (χ1n) is 10.9. The molecule has 1 amide bonds. The van der Waals surface area contributed by atoms with Crippen LogP contribution in [0.25, 0.3) is 11.1 Å². The number of rotatable bonds is 11. The topological polar surface area (TPSA) is 75.6 Å². The Morgan fingerprint density at radius 3 is 2.41 bits per heavy atom. The van der Waals surface area contributed by atoms with E-state index in [0.717, 1.165) is 27.8 Å². The number of amides is 1. The van der Waals surface area contributed by atoms with E-state index in [0.29, 0.717) is 36.0 Å². The third-order valence-electron chi connectivity index (χ3n) is 5.40. The number of aliphatic carboxylic acids is 1. The van der Waals surface area contributed by atoms with E-state index in [9.17, 15) is 14.7 Å². The normalized spacial score (nSPS) is 11.7. The van der Waals surface area contributed by atoms with Gasteiger partial charge in [0.15, 0.2) is 0 Å². The summed E-state index contributed by atoms with van der Waals surface area (Å²) in [7, 11) is 0. The number of thioether (sulfide) groups is 1. The van der Waals surface area contributed by atoms with Crippen LogP contribution in [0.3, 0.4) is 0 Å². The van der Waals surface area contributed by atoms with Crippen LogP contribution in [-0.2, 0) is 22.7 Å². The van der Waals surface area contributed by atoms with Gasteiger partial charge in [-0.2, -0.15) is 11.8 Å². The molecule has 7 heteroatoms. The van der Waals surface area contributed by atoms with Crippen molar-refractivity contribution in [3.63, 3.8) is 0 Å². The summed E-state index contributed by atoms with van der Waals surface area (Å²) in [6.45, 7) is 2.76. The summed E-state index contributed by atoms with van der Waals surface area (Å²) in [5, 5.41) is 12.9. The smallest absolute Gasteiger partial charge is 0.326 e.